The molecule has 0 N–H and O–H groups in total. The van der Waals surface area contributed by atoms with Gasteiger partial charge in [0.1, 0.15) is 0 Å². The van der Waals surface area contributed by atoms with E-state index in [1.807, 2.05) is 0 Å². The van der Waals surface area contributed by atoms with E-state index in [4.69, 9.17) is 0 Å². The molecule has 1 heteroatoms. The van der Waals surface area contributed by atoms with Gasteiger partial charge in [-0.25, -0.2) is 0 Å². The fourth-order valence-electron chi connectivity index (χ4n) is 1.49. The molecule has 1 aliphatic heterocycles. The molecule has 0 amide bonds. The van der Waals surface area contributed by atoms with E-state index >= 15 is 0 Å². The summed E-state index contributed by atoms with van der Waals surface area (Å²) in [5, 5.41) is 1.05. The zero-order valence-electron chi connectivity index (χ0n) is 7.64. The van der Waals surface area contributed by atoms with Gasteiger partial charge < -0.3 is 0 Å². The van der Waals surface area contributed by atoms with Crippen molar-refractivity contribution in [2.45, 2.75) is 57.1 Å². The summed E-state index contributed by atoms with van der Waals surface area (Å²) in [7, 11) is 0. The SMILES string of the molecule is CCCCCCCC1CCS1. The van der Waals surface area contributed by atoms with Gasteiger partial charge in [0, 0.05) is 5.25 Å². The summed E-state index contributed by atoms with van der Waals surface area (Å²) in [5.41, 5.74) is 0. The molecular formula is C10H20S. The van der Waals surface area contributed by atoms with Crippen LogP contribution in [0.5, 0.6) is 0 Å². The smallest absolute Gasteiger partial charge is 0.00549 e. The van der Waals surface area contributed by atoms with Gasteiger partial charge in [0.25, 0.3) is 0 Å². The first-order valence-corrected chi connectivity index (χ1v) is 6.10. The lowest BCUT2D eigenvalue weighted by atomic mass is 10.1. The third-order valence-corrected chi connectivity index (χ3v) is 3.84. The minimum Gasteiger partial charge on any atom is -0.159 e. The number of unbranched alkanes of at least 4 members (excludes halogenated alkanes) is 4. The highest BCUT2D eigenvalue weighted by Crippen LogP contribution is 2.31. The molecule has 1 atom stereocenters. The van der Waals surface area contributed by atoms with Crippen LogP contribution in [0.25, 0.3) is 0 Å². The van der Waals surface area contributed by atoms with Crippen LogP contribution in [-0.2, 0) is 0 Å². The van der Waals surface area contributed by atoms with E-state index in [-0.39, 0.29) is 0 Å². The van der Waals surface area contributed by atoms with Crippen LogP contribution < -0.4 is 0 Å². The van der Waals surface area contributed by atoms with E-state index in [0.29, 0.717) is 0 Å². The van der Waals surface area contributed by atoms with E-state index in [1.165, 1.54) is 50.7 Å². The Kier molecular flexibility index (Phi) is 5.09. The first-order chi connectivity index (χ1) is 5.43. The van der Waals surface area contributed by atoms with Crippen LogP contribution in [0.4, 0.5) is 0 Å². The summed E-state index contributed by atoms with van der Waals surface area (Å²) in [5.74, 6) is 1.43. The molecule has 0 aromatic rings. The topological polar surface area (TPSA) is 0 Å². The fourth-order valence-corrected chi connectivity index (χ4v) is 2.39. The average Bonchev–Trinajstić information content (AvgIpc) is 1.93. The van der Waals surface area contributed by atoms with Crippen molar-refractivity contribution in [1.82, 2.24) is 0 Å². The van der Waals surface area contributed by atoms with Gasteiger partial charge in [-0.2, -0.15) is 11.8 Å². The molecule has 0 aromatic carbocycles. The van der Waals surface area contributed by atoms with Crippen LogP contribution in [-0.4, -0.2) is 11.0 Å². The van der Waals surface area contributed by atoms with Gasteiger partial charge in [0.05, 0.1) is 0 Å². The molecule has 0 aliphatic carbocycles. The van der Waals surface area contributed by atoms with E-state index in [0.717, 1.165) is 5.25 Å². The Labute approximate surface area is 75.1 Å². The van der Waals surface area contributed by atoms with E-state index < -0.39 is 0 Å². The largest absolute Gasteiger partial charge is 0.159 e. The summed E-state index contributed by atoms with van der Waals surface area (Å²) in [6.07, 6.45) is 10.2. The lowest BCUT2D eigenvalue weighted by Crippen LogP contribution is -2.14. The lowest BCUT2D eigenvalue weighted by molar-refractivity contribution is 0.584. The Balaban J connectivity index is 1.73. The molecule has 1 saturated heterocycles. The standard InChI is InChI=1S/C10H20S/c1-2-3-4-5-6-7-10-8-9-11-10/h10H,2-9H2,1H3. The minimum absolute atomic E-state index is 1.05. The van der Waals surface area contributed by atoms with Crippen molar-refractivity contribution >= 4 is 11.8 Å². The highest BCUT2D eigenvalue weighted by atomic mass is 32.2. The zero-order valence-corrected chi connectivity index (χ0v) is 8.46. The molecule has 0 bridgehead atoms. The summed E-state index contributed by atoms with van der Waals surface area (Å²) in [6, 6.07) is 0. The predicted octanol–water partition coefficient (Wildman–Crippen LogP) is 3.85. The molecule has 1 fully saturated rings. The van der Waals surface area contributed by atoms with Crippen LogP contribution >= 0.6 is 11.8 Å². The van der Waals surface area contributed by atoms with Crippen LogP contribution in [0.15, 0.2) is 0 Å². The predicted molar refractivity (Wildman–Crippen MR) is 54.2 cm³/mol. The lowest BCUT2D eigenvalue weighted by Gasteiger charge is -2.24. The first-order valence-electron chi connectivity index (χ1n) is 5.05. The van der Waals surface area contributed by atoms with Gasteiger partial charge in [-0.05, 0) is 18.6 Å². The zero-order chi connectivity index (χ0) is 7.94. The van der Waals surface area contributed by atoms with Gasteiger partial charge in [0.2, 0.25) is 0 Å². The highest BCUT2D eigenvalue weighted by molar-refractivity contribution is 8.01. The van der Waals surface area contributed by atoms with Crippen LogP contribution in [0.3, 0.4) is 0 Å². The molecule has 0 radical (unpaired) electrons. The summed E-state index contributed by atoms with van der Waals surface area (Å²) < 4.78 is 0. The second-order valence-electron chi connectivity index (χ2n) is 3.48. The van der Waals surface area contributed by atoms with Crippen molar-refractivity contribution in [2.75, 3.05) is 5.75 Å². The van der Waals surface area contributed by atoms with E-state index in [1.54, 1.807) is 0 Å². The molecule has 66 valence electrons. The molecule has 1 unspecified atom stereocenters. The summed E-state index contributed by atoms with van der Waals surface area (Å²) in [6.45, 7) is 2.28. The average molecular weight is 172 g/mol. The normalized spacial score (nSPS) is 23.2. The Morgan fingerprint density at radius 3 is 2.45 bits per heavy atom. The summed E-state index contributed by atoms with van der Waals surface area (Å²) >= 11 is 2.17. The van der Waals surface area contributed by atoms with Crippen molar-refractivity contribution in [3.63, 3.8) is 0 Å². The highest BCUT2D eigenvalue weighted by Gasteiger charge is 2.16. The molecule has 0 spiro atoms. The van der Waals surface area contributed by atoms with Crippen molar-refractivity contribution in [2.24, 2.45) is 0 Å². The monoisotopic (exact) mass is 172 g/mol. The minimum atomic E-state index is 1.05. The number of hydrogen-bond donors (Lipinski definition) is 0. The second-order valence-corrected chi connectivity index (χ2v) is 4.89. The Hall–Kier alpha value is 0.350. The van der Waals surface area contributed by atoms with Gasteiger partial charge in [-0.1, -0.05) is 39.0 Å². The quantitative estimate of drug-likeness (QED) is 0.548. The van der Waals surface area contributed by atoms with Gasteiger partial charge >= 0.3 is 0 Å². The molecule has 1 heterocycles. The van der Waals surface area contributed by atoms with Crippen LogP contribution in [0, 0.1) is 0 Å². The Morgan fingerprint density at radius 2 is 1.91 bits per heavy atom. The molecule has 11 heavy (non-hydrogen) atoms. The first kappa shape index (κ1) is 9.44. The van der Waals surface area contributed by atoms with Crippen molar-refractivity contribution in [1.29, 1.82) is 0 Å². The third-order valence-electron chi connectivity index (χ3n) is 2.42. The van der Waals surface area contributed by atoms with Crippen molar-refractivity contribution < 1.29 is 0 Å². The van der Waals surface area contributed by atoms with E-state index in [2.05, 4.69) is 18.7 Å². The number of rotatable bonds is 6. The van der Waals surface area contributed by atoms with Gasteiger partial charge in [0.15, 0.2) is 0 Å². The molecule has 0 nitrogen and oxygen atoms in total. The van der Waals surface area contributed by atoms with E-state index in [9.17, 15) is 0 Å². The van der Waals surface area contributed by atoms with Crippen molar-refractivity contribution in [3.8, 4) is 0 Å². The molecule has 0 aromatic heterocycles. The Morgan fingerprint density at radius 1 is 1.18 bits per heavy atom. The molecule has 1 aliphatic rings. The van der Waals surface area contributed by atoms with Crippen LogP contribution in [0.2, 0.25) is 0 Å². The van der Waals surface area contributed by atoms with Gasteiger partial charge in [-0.15, -0.1) is 0 Å². The maximum Gasteiger partial charge on any atom is 0.00549 e. The third kappa shape index (κ3) is 4.05. The number of hydrogen-bond acceptors (Lipinski definition) is 1. The van der Waals surface area contributed by atoms with Crippen LogP contribution in [0.1, 0.15) is 51.9 Å². The Bertz CT molecular complexity index is 86.9. The molecule has 0 saturated carbocycles. The maximum absolute atomic E-state index is 2.28. The number of thioether (sulfide) groups is 1. The van der Waals surface area contributed by atoms with Crippen molar-refractivity contribution in [3.05, 3.63) is 0 Å². The molecular weight excluding hydrogens is 152 g/mol. The molecule has 1 rings (SSSR count). The second kappa shape index (κ2) is 5.93. The van der Waals surface area contributed by atoms with Gasteiger partial charge in [-0.3, -0.25) is 0 Å². The maximum atomic E-state index is 2.28. The fraction of sp³-hybridized carbons (Fsp3) is 1.00. The summed E-state index contributed by atoms with van der Waals surface area (Å²) in [4.78, 5) is 0.